The molecule has 0 aliphatic heterocycles. The quantitative estimate of drug-likeness (QED) is 0.452. The summed E-state index contributed by atoms with van der Waals surface area (Å²) in [5, 5.41) is 18.5. The van der Waals surface area contributed by atoms with Gasteiger partial charge in [0, 0.05) is 5.57 Å². The van der Waals surface area contributed by atoms with Crippen molar-refractivity contribution in [3.05, 3.63) is 89.6 Å². The maximum absolute atomic E-state index is 11.1. The number of carboxylic acids is 1. The molecule has 3 heteroatoms. The molecule has 3 nitrogen and oxygen atoms in total. The van der Waals surface area contributed by atoms with E-state index in [1.165, 1.54) is 6.08 Å². The topological polar surface area (TPSA) is 61.1 Å². The number of benzene rings is 1. The Labute approximate surface area is 136 Å². The summed E-state index contributed by atoms with van der Waals surface area (Å²) in [6.07, 6.45) is 10.5. The molecule has 0 bridgehead atoms. The number of rotatable bonds is 7. The highest BCUT2D eigenvalue weighted by Crippen LogP contribution is 2.15. The van der Waals surface area contributed by atoms with Crippen LogP contribution >= 0.6 is 0 Å². The monoisotopic (exact) mass is 305 g/mol. The fourth-order valence-electron chi connectivity index (χ4n) is 1.83. The lowest BCUT2D eigenvalue weighted by molar-refractivity contribution is -0.132. The van der Waals surface area contributed by atoms with Gasteiger partial charge >= 0.3 is 5.97 Å². The second-order valence-electron chi connectivity index (χ2n) is 4.65. The van der Waals surface area contributed by atoms with E-state index in [0.29, 0.717) is 17.6 Å². The van der Waals surface area contributed by atoms with Gasteiger partial charge in [-0.3, -0.25) is 0 Å². The van der Waals surface area contributed by atoms with Crippen LogP contribution in [-0.4, -0.2) is 11.1 Å². The van der Waals surface area contributed by atoms with Crippen LogP contribution in [-0.2, 0) is 4.79 Å². The smallest absolute Gasteiger partial charge is 0.331 e. The van der Waals surface area contributed by atoms with Gasteiger partial charge in [0.1, 0.15) is 0 Å². The average Bonchev–Trinajstić information content (AvgIpc) is 2.57. The summed E-state index contributed by atoms with van der Waals surface area (Å²) < 4.78 is 0. The van der Waals surface area contributed by atoms with E-state index in [1.807, 2.05) is 36.4 Å². The normalized spacial score (nSPS) is 13.0. The van der Waals surface area contributed by atoms with Crippen LogP contribution in [0.25, 0.3) is 6.08 Å². The lowest BCUT2D eigenvalue weighted by Gasteiger charge is -2.01. The van der Waals surface area contributed by atoms with Gasteiger partial charge in [-0.05, 0) is 23.6 Å². The zero-order chi connectivity index (χ0) is 17.1. The Bertz CT molecular complexity index is 714. The fourth-order valence-corrected chi connectivity index (χ4v) is 1.83. The number of hydrogen-bond acceptors (Lipinski definition) is 2. The summed E-state index contributed by atoms with van der Waals surface area (Å²) in [5.74, 6) is -1.01. The first kappa shape index (κ1) is 17.9. The molecule has 0 aromatic heterocycles. The van der Waals surface area contributed by atoms with Crippen molar-refractivity contribution in [3.8, 4) is 6.07 Å². The summed E-state index contributed by atoms with van der Waals surface area (Å²) in [7, 11) is 0. The second-order valence-corrected chi connectivity index (χ2v) is 4.65. The summed E-state index contributed by atoms with van der Waals surface area (Å²) in [5.41, 5.74) is 2.12. The van der Waals surface area contributed by atoms with E-state index in [0.717, 1.165) is 5.56 Å². The van der Waals surface area contributed by atoms with Gasteiger partial charge in [-0.15, -0.1) is 0 Å². The Morgan fingerprint density at radius 1 is 1.30 bits per heavy atom. The van der Waals surface area contributed by atoms with Gasteiger partial charge in [0.2, 0.25) is 0 Å². The molecule has 0 aliphatic rings. The number of hydrogen-bond donors (Lipinski definition) is 1. The van der Waals surface area contributed by atoms with Gasteiger partial charge in [-0.1, -0.05) is 74.2 Å². The fraction of sp³-hybridized carbons (Fsp3) is 0.100. The van der Waals surface area contributed by atoms with Crippen molar-refractivity contribution in [1.29, 1.82) is 5.26 Å². The van der Waals surface area contributed by atoms with E-state index in [2.05, 4.69) is 12.6 Å². The molecule has 1 N–H and O–H groups in total. The van der Waals surface area contributed by atoms with Crippen molar-refractivity contribution in [2.75, 3.05) is 0 Å². The molecule has 0 saturated carbocycles. The van der Waals surface area contributed by atoms with Crippen molar-refractivity contribution in [3.63, 3.8) is 0 Å². The van der Waals surface area contributed by atoms with Gasteiger partial charge in [0.15, 0.2) is 0 Å². The highest BCUT2D eigenvalue weighted by Gasteiger charge is 2.07. The van der Waals surface area contributed by atoms with Crippen LogP contribution in [0.2, 0.25) is 0 Å². The molecule has 0 radical (unpaired) electrons. The minimum absolute atomic E-state index is 0.194. The Morgan fingerprint density at radius 3 is 2.52 bits per heavy atom. The summed E-state index contributed by atoms with van der Waals surface area (Å²) in [6, 6.07) is 11.7. The van der Waals surface area contributed by atoms with E-state index >= 15 is 0 Å². The van der Waals surface area contributed by atoms with Crippen molar-refractivity contribution < 1.29 is 9.90 Å². The van der Waals surface area contributed by atoms with E-state index in [4.69, 9.17) is 5.11 Å². The van der Waals surface area contributed by atoms with Crippen molar-refractivity contribution in [2.45, 2.75) is 13.3 Å². The van der Waals surface area contributed by atoms with Gasteiger partial charge in [0.25, 0.3) is 0 Å². The standard InChI is InChI=1S/C20H19NO2/c1-3-5-11-18(13-12-16-9-7-6-8-10-16)19(15-21)14-17(4-2)20(22)23/h3,5-14H,1,4H2,2H3,(H,22,23). The Morgan fingerprint density at radius 2 is 2.00 bits per heavy atom. The number of nitrogens with zero attached hydrogens (tertiary/aromatic N) is 1. The molecule has 1 rings (SSSR count). The van der Waals surface area contributed by atoms with E-state index in [-0.39, 0.29) is 5.57 Å². The Hall–Kier alpha value is -3.12. The van der Waals surface area contributed by atoms with Gasteiger partial charge in [-0.2, -0.15) is 5.26 Å². The molecule has 0 spiro atoms. The van der Waals surface area contributed by atoms with Crippen LogP contribution in [0.3, 0.4) is 0 Å². The third kappa shape index (κ3) is 6.03. The summed E-state index contributed by atoms with van der Waals surface area (Å²) >= 11 is 0. The van der Waals surface area contributed by atoms with Crippen molar-refractivity contribution in [1.82, 2.24) is 0 Å². The van der Waals surface area contributed by atoms with Gasteiger partial charge in [0.05, 0.1) is 11.6 Å². The van der Waals surface area contributed by atoms with Crippen molar-refractivity contribution in [2.24, 2.45) is 0 Å². The molecule has 23 heavy (non-hydrogen) atoms. The second kappa shape index (κ2) is 9.75. The van der Waals surface area contributed by atoms with Crippen LogP contribution in [0.1, 0.15) is 18.9 Å². The molecule has 0 saturated heterocycles. The maximum atomic E-state index is 11.1. The van der Waals surface area contributed by atoms with Crippen molar-refractivity contribution >= 4 is 12.0 Å². The first-order valence-corrected chi connectivity index (χ1v) is 7.22. The lowest BCUT2D eigenvalue weighted by Crippen LogP contribution is -2.00. The Balaban J connectivity index is 3.33. The zero-order valence-electron chi connectivity index (χ0n) is 13.1. The highest BCUT2D eigenvalue weighted by molar-refractivity contribution is 5.87. The number of nitriles is 1. The molecular formula is C20H19NO2. The van der Waals surface area contributed by atoms with Crippen LogP contribution in [0.15, 0.2) is 84.0 Å². The molecular weight excluding hydrogens is 286 g/mol. The maximum Gasteiger partial charge on any atom is 0.331 e. The molecule has 0 aliphatic carbocycles. The molecule has 0 heterocycles. The molecule has 1 aromatic rings. The highest BCUT2D eigenvalue weighted by atomic mass is 16.4. The lowest BCUT2D eigenvalue weighted by atomic mass is 10.0. The largest absolute Gasteiger partial charge is 0.478 e. The first-order chi connectivity index (χ1) is 11.1. The first-order valence-electron chi connectivity index (χ1n) is 7.22. The number of allylic oxidation sites excluding steroid dienone is 7. The minimum Gasteiger partial charge on any atom is -0.478 e. The van der Waals surface area contributed by atoms with Gasteiger partial charge in [-0.25, -0.2) is 4.79 Å². The zero-order valence-corrected chi connectivity index (χ0v) is 13.1. The van der Waals surface area contributed by atoms with Crippen LogP contribution in [0, 0.1) is 11.3 Å². The third-order valence-corrected chi connectivity index (χ3v) is 3.07. The van der Waals surface area contributed by atoms with E-state index in [9.17, 15) is 10.1 Å². The molecule has 1 aromatic carbocycles. The van der Waals surface area contributed by atoms with E-state index < -0.39 is 5.97 Å². The predicted molar refractivity (Wildman–Crippen MR) is 93.5 cm³/mol. The van der Waals surface area contributed by atoms with E-state index in [1.54, 1.807) is 31.2 Å². The number of aliphatic carboxylic acids is 1. The molecule has 0 fully saturated rings. The predicted octanol–water partition coefficient (Wildman–Crippen LogP) is 4.68. The number of carboxylic acid groups (broad SMARTS) is 1. The minimum atomic E-state index is -1.01. The third-order valence-electron chi connectivity index (χ3n) is 3.07. The molecule has 0 amide bonds. The molecule has 0 atom stereocenters. The SMILES string of the molecule is C=CC=CC(C=Cc1ccccc1)=C(C#N)C=C(CC)C(=O)O. The average molecular weight is 305 g/mol. The summed E-state index contributed by atoms with van der Waals surface area (Å²) in [6.45, 7) is 5.36. The van der Waals surface area contributed by atoms with Crippen LogP contribution in [0.4, 0.5) is 0 Å². The van der Waals surface area contributed by atoms with Crippen LogP contribution < -0.4 is 0 Å². The Kier molecular flexibility index (Phi) is 7.60. The van der Waals surface area contributed by atoms with Gasteiger partial charge < -0.3 is 5.11 Å². The molecule has 0 unspecified atom stereocenters. The summed E-state index contributed by atoms with van der Waals surface area (Å²) in [4.78, 5) is 11.1. The van der Waals surface area contributed by atoms with Crippen LogP contribution in [0.5, 0.6) is 0 Å². The molecule has 116 valence electrons. The number of carbonyl (C=O) groups is 1.